The van der Waals surface area contributed by atoms with Crippen LogP contribution in [0.15, 0.2) is 11.6 Å². The molecule has 0 aromatic rings. The summed E-state index contributed by atoms with van der Waals surface area (Å²) in [5.41, 5.74) is 0.157. The molecule has 0 fully saturated rings. The van der Waals surface area contributed by atoms with Crippen LogP contribution >= 0.6 is 23.2 Å². The number of carbonyl (C=O) groups is 1. The van der Waals surface area contributed by atoms with Crippen LogP contribution in [-0.4, -0.2) is 15.9 Å². The van der Waals surface area contributed by atoms with E-state index in [0.29, 0.717) is 0 Å². The summed E-state index contributed by atoms with van der Waals surface area (Å²) in [5.74, 6) is -0.999. The van der Waals surface area contributed by atoms with Crippen molar-refractivity contribution in [1.82, 2.24) is 0 Å². The highest BCUT2D eigenvalue weighted by molar-refractivity contribution is 6.45. The number of aliphatic carboxylic acids is 1. The summed E-state index contributed by atoms with van der Waals surface area (Å²) in [4.78, 5) is 9.31. The average Bonchev–Trinajstić information content (AvgIpc) is 1.63. The van der Waals surface area contributed by atoms with E-state index in [0.717, 1.165) is 0 Å². The first-order valence-electron chi connectivity index (χ1n) is 2.24. The van der Waals surface area contributed by atoms with E-state index in [2.05, 4.69) is 0 Å². The molecule has 2 nitrogen and oxygen atoms in total. The lowest BCUT2D eigenvalue weighted by Crippen LogP contribution is -1.97. The van der Waals surface area contributed by atoms with Crippen LogP contribution < -0.4 is 0 Å². The number of hydrogen-bond acceptors (Lipinski definition) is 1. The van der Waals surface area contributed by atoms with E-state index < -0.39 is 10.8 Å². The molecule has 4 heteroatoms. The second-order valence-corrected chi connectivity index (χ2v) is 2.65. The lowest BCUT2D eigenvalue weighted by molar-refractivity contribution is -0.132. The summed E-state index contributed by atoms with van der Waals surface area (Å²) in [7, 11) is 0. The van der Waals surface area contributed by atoms with Gasteiger partial charge in [-0.1, -0.05) is 0 Å². The van der Waals surface area contributed by atoms with Gasteiger partial charge < -0.3 is 5.11 Å². The van der Waals surface area contributed by atoms with E-state index in [1.807, 2.05) is 0 Å². The second kappa shape index (κ2) is 3.75. The number of allylic oxidation sites excluding steroid dienone is 1. The highest BCUT2D eigenvalue weighted by atomic mass is 35.5. The molecule has 0 saturated heterocycles. The van der Waals surface area contributed by atoms with Crippen molar-refractivity contribution in [3.05, 3.63) is 11.6 Å². The number of hydrogen-bond donors (Lipinski definition) is 1. The van der Waals surface area contributed by atoms with Gasteiger partial charge in [-0.2, -0.15) is 0 Å². The first kappa shape index (κ1) is 8.79. The van der Waals surface area contributed by atoms with Crippen LogP contribution in [0.5, 0.6) is 0 Å². The molecule has 0 aromatic carbocycles. The minimum absolute atomic E-state index is 0.157. The molecule has 0 aliphatic heterocycles. The van der Waals surface area contributed by atoms with Crippen molar-refractivity contribution >= 4 is 29.2 Å². The van der Waals surface area contributed by atoms with Gasteiger partial charge in [0.2, 0.25) is 0 Å². The Labute approximate surface area is 63.1 Å². The maximum absolute atomic E-state index is 10.0. The molecule has 0 radical (unpaired) electrons. The highest BCUT2D eigenvalue weighted by Gasteiger charge is 2.01. The standard InChI is InChI=1S/C5H6Cl2O2/c1-3(5(8)9)2-4(6)7/h2,4H,1H3,(H,8,9). The third-order valence-electron chi connectivity index (χ3n) is 0.713. The molecule has 0 atom stereocenters. The first-order chi connectivity index (χ1) is 4.04. The van der Waals surface area contributed by atoms with Crippen LogP contribution in [-0.2, 0) is 4.79 Å². The van der Waals surface area contributed by atoms with Crippen molar-refractivity contribution in [1.29, 1.82) is 0 Å². The molecular weight excluding hydrogens is 163 g/mol. The Morgan fingerprint density at radius 1 is 1.67 bits per heavy atom. The summed E-state index contributed by atoms with van der Waals surface area (Å²) in [6, 6.07) is 0. The fraction of sp³-hybridized carbons (Fsp3) is 0.400. The molecule has 0 bridgehead atoms. The predicted octanol–water partition coefficient (Wildman–Crippen LogP) is 1.82. The maximum Gasteiger partial charge on any atom is 0.331 e. The fourth-order valence-electron chi connectivity index (χ4n) is 0.260. The van der Waals surface area contributed by atoms with Gasteiger partial charge in [-0.3, -0.25) is 0 Å². The van der Waals surface area contributed by atoms with E-state index in [4.69, 9.17) is 28.3 Å². The maximum atomic E-state index is 10.0. The van der Waals surface area contributed by atoms with Crippen LogP contribution in [0.4, 0.5) is 0 Å². The number of alkyl halides is 2. The van der Waals surface area contributed by atoms with Crippen molar-refractivity contribution in [2.24, 2.45) is 0 Å². The highest BCUT2D eigenvalue weighted by Crippen LogP contribution is 2.06. The van der Waals surface area contributed by atoms with E-state index in [1.54, 1.807) is 0 Å². The minimum Gasteiger partial charge on any atom is -0.478 e. The zero-order valence-electron chi connectivity index (χ0n) is 4.77. The number of carboxylic acid groups (broad SMARTS) is 1. The van der Waals surface area contributed by atoms with Gasteiger partial charge in [0.15, 0.2) is 0 Å². The van der Waals surface area contributed by atoms with Crippen LogP contribution in [0.25, 0.3) is 0 Å². The van der Waals surface area contributed by atoms with Gasteiger partial charge in [-0.15, -0.1) is 23.2 Å². The van der Waals surface area contributed by atoms with Crippen LogP contribution in [0.2, 0.25) is 0 Å². The quantitative estimate of drug-likeness (QED) is 0.505. The molecule has 0 amide bonds. The molecule has 1 N–H and O–H groups in total. The summed E-state index contributed by atoms with van der Waals surface area (Å²) in [6.07, 6.45) is 1.26. The molecule has 0 aromatic heterocycles. The topological polar surface area (TPSA) is 37.3 Å². The number of halogens is 2. The normalized spacial score (nSPS) is 12.2. The van der Waals surface area contributed by atoms with Gasteiger partial charge >= 0.3 is 5.97 Å². The van der Waals surface area contributed by atoms with E-state index >= 15 is 0 Å². The van der Waals surface area contributed by atoms with Gasteiger partial charge in [-0.25, -0.2) is 4.79 Å². The van der Waals surface area contributed by atoms with Gasteiger partial charge in [-0.05, 0) is 13.0 Å². The van der Waals surface area contributed by atoms with Gasteiger partial charge in [0.25, 0.3) is 0 Å². The van der Waals surface area contributed by atoms with Crippen LogP contribution in [0.3, 0.4) is 0 Å². The largest absolute Gasteiger partial charge is 0.478 e. The summed E-state index contributed by atoms with van der Waals surface area (Å²) in [6.45, 7) is 1.43. The van der Waals surface area contributed by atoms with Crippen molar-refractivity contribution in [2.45, 2.75) is 11.8 Å². The van der Waals surface area contributed by atoms with Crippen LogP contribution in [0, 0.1) is 0 Å². The summed E-state index contributed by atoms with van der Waals surface area (Å²) >= 11 is 10.5. The third kappa shape index (κ3) is 4.30. The van der Waals surface area contributed by atoms with E-state index in [1.165, 1.54) is 13.0 Å². The first-order valence-corrected chi connectivity index (χ1v) is 3.11. The Balaban J connectivity index is 4.00. The molecule has 0 unspecified atom stereocenters. The van der Waals surface area contributed by atoms with Gasteiger partial charge in [0, 0.05) is 5.57 Å². The Morgan fingerprint density at radius 3 is 2.22 bits per heavy atom. The zero-order chi connectivity index (χ0) is 7.44. The molecular formula is C5H6Cl2O2. The Kier molecular flexibility index (Phi) is 3.66. The lowest BCUT2D eigenvalue weighted by Gasteiger charge is -1.91. The zero-order valence-corrected chi connectivity index (χ0v) is 6.28. The van der Waals surface area contributed by atoms with E-state index in [9.17, 15) is 4.79 Å². The minimum atomic E-state index is -0.999. The molecule has 0 rings (SSSR count). The third-order valence-corrected chi connectivity index (χ3v) is 0.965. The smallest absolute Gasteiger partial charge is 0.331 e. The predicted molar refractivity (Wildman–Crippen MR) is 36.9 cm³/mol. The second-order valence-electron chi connectivity index (χ2n) is 1.49. The molecule has 0 spiro atoms. The van der Waals surface area contributed by atoms with Gasteiger partial charge in [0.05, 0.1) is 0 Å². The molecule has 52 valence electrons. The van der Waals surface area contributed by atoms with Crippen molar-refractivity contribution in [3.8, 4) is 0 Å². The monoisotopic (exact) mass is 168 g/mol. The van der Waals surface area contributed by atoms with Gasteiger partial charge in [0.1, 0.15) is 4.84 Å². The Morgan fingerprint density at radius 2 is 2.11 bits per heavy atom. The molecule has 0 aliphatic carbocycles. The summed E-state index contributed by atoms with van der Waals surface area (Å²) in [5, 5.41) is 8.25. The molecule has 0 aliphatic rings. The Bertz CT molecular complexity index is 140. The SMILES string of the molecule is CC(=CC(Cl)Cl)C(=O)O. The lowest BCUT2D eigenvalue weighted by atomic mass is 10.3. The Hall–Kier alpha value is -0.210. The average molecular weight is 169 g/mol. The van der Waals surface area contributed by atoms with Crippen molar-refractivity contribution in [2.75, 3.05) is 0 Å². The fourth-order valence-corrected chi connectivity index (χ4v) is 0.638. The van der Waals surface area contributed by atoms with Crippen LogP contribution in [0.1, 0.15) is 6.92 Å². The molecule has 0 heterocycles. The van der Waals surface area contributed by atoms with Crippen molar-refractivity contribution in [3.63, 3.8) is 0 Å². The molecule has 0 saturated carbocycles. The number of rotatable bonds is 2. The van der Waals surface area contributed by atoms with Crippen molar-refractivity contribution < 1.29 is 9.90 Å². The summed E-state index contributed by atoms with van der Waals surface area (Å²) < 4.78 is 0. The van der Waals surface area contributed by atoms with E-state index in [-0.39, 0.29) is 5.57 Å². The number of carboxylic acids is 1. The molecule has 9 heavy (non-hydrogen) atoms.